The van der Waals surface area contributed by atoms with Crippen molar-refractivity contribution < 1.29 is 28.2 Å². The summed E-state index contributed by atoms with van der Waals surface area (Å²) >= 11 is 0. The Bertz CT molecular complexity index is 1260. The lowest BCUT2D eigenvalue weighted by atomic mass is 10.1. The van der Waals surface area contributed by atoms with Crippen LogP contribution >= 0.6 is 0 Å². The zero-order valence-electron chi connectivity index (χ0n) is 25.8. The molecule has 2 heterocycles. The number of carbonyl (C=O) groups excluding carboxylic acids is 1. The van der Waals surface area contributed by atoms with Gasteiger partial charge in [0.15, 0.2) is 5.78 Å². The van der Waals surface area contributed by atoms with Crippen LogP contribution in [0.15, 0.2) is 71.4 Å². The normalized spacial score (nSPS) is 19.7. The van der Waals surface area contributed by atoms with Gasteiger partial charge in [-0.15, -0.1) is 0 Å². The van der Waals surface area contributed by atoms with E-state index in [1.54, 1.807) is 12.3 Å². The zero-order chi connectivity index (χ0) is 30.0. The first kappa shape index (κ1) is 32.9. The first-order valence-corrected chi connectivity index (χ1v) is 15.9. The molecule has 232 valence electrons. The van der Waals surface area contributed by atoms with Crippen molar-refractivity contribution in [2.45, 2.75) is 91.1 Å². The van der Waals surface area contributed by atoms with E-state index in [9.17, 15) is 4.79 Å². The van der Waals surface area contributed by atoms with Crippen molar-refractivity contribution in [3.8, 4) is 0 Å². The number of ketones is 1. The Balaban J connectivity index is 1.29. The first-order valence-electron chi connectivity index (χ1n) is 15.9. The average Bonchev–Trinajstić information content (AvgIpc) is 3.50. The molecule has 43 heavy (non-hydrogen) atoms. The highest BCUT2D eigenvalue weighted by atomic mass is 16.5. The molecule has 0 radical (unpaired) electrons. The van der Waals surface area contributed by atoms with Crippen LogP contribution in [0.1, 0.15) is 91.9 Å². The molecule has 2 aromatic carbocycles. The molecule has 1 aliphatic rings. The highest BCUT2D eigenvalue weighted by Crippen LogP contribution is 2.20. The fourth-order valence-electron chi connectivity index (χ4n) is 5.11. The second-order valence-corrected chi connectivity index (χ2v) is 11.3. The number of ether oxygens (including phenoxy) is 4. The number of rotatable bonds is 0. The summed E-state index contributed by atoms with van der Waals surface area (Å²) in [6, 6.07) is 18.7. The van der Waals surface area contributed by atoms with Gasteiger partial charge in [-0.25, -0.2) is 0 Å². The third-order valence-electron chi connectivity index (χ3n) is 7.75. The van der Waals surface area contributed by atoms with Gasteiger partial charge in [0.1, 0.15) is 5.76 Å². The minimum absolute atomic E-state index is 0.142. The topological polar surface area (TPSA) is 67.1 Å². The second kappa shape index (κ2) is 19.3. The third kappa shape index (κ3) is 12.2. The van der Waals surface area contributed by atoms with Crippen LogP contribution in [0.4, 0.5) is 0 Å². The van der Waals surface area contributed by atoms with Gasteiger partial charge in [-0.1, -0.05) is 48.5 Å². The Kier molecular flexibility index (Phi) is 14.7. The van der Waals surface area contributed by atoms with E-state index in [1.807, 2.05) is 25.1 Å². The average molecular weight is 589 g/mol. The van der Waals surface area contributed by atoms with Crippen LogP contribution < -0.4 is 0 Å². The Morgan fingerprint density at radius 2 is 1.00 bits per heavy atom. The molecule has 1 aliphatic heterocycles. The van der Waals surface area contributed by atoms with Gasteiger partial charge in [0.05, 0.1) is 32.7 Å². The van der Waals surface area contributed by atoms with Crippen LogP contribution in [0.25, 0.3) is 5.57 Å². The molecule has 0 aliphatic carbocycles. The molecule has 0 N–H and O–H groups in total. The summed E-state index contributed by atoms with van der Waals surface area (Å²) in [7, 11) is 0. The molecule has 0 saturated carbocycles. The van der Waals surface area contributed by atoms with Gasteiger partial charge in [0.2, 0.25) is 0 Å². The number of furan rings is 1. The van der Waals surface area contributed by atoms with Crippen molar-refractivity contribution in [1.29, 1.82) is 0 Å². The Hall–Kier alpha value is -3.03. The van der Waals surface area contributed by atoms with E-state index in [4.69, 9.17) is 23.4 Å². The molecule has 0 fully saturated rings. The van der Waals surface area contributed by atoms with Crippen LogP contribution in [0, 0.1) is 0 Å². The van der Waals surface area contributed by atoms with Gasteiger partial charge >= 0.3 is 0 Å². The molecule has 2 bridgehead atoms. The number of aryl methyl sites for hydroxylation is 1. The van der Waals surface area contributed by atoms with Crippen LogP contribution in [0.3, 0.4) is 0 Å². The molecule has 0 amide bonds. The smallest absolute Gasteiger partial charge is 0.155 e. The van der Waals surface area contributed by atoms with Gasteiger partial charge in [0.25, 0.3) is 0 Å². The van der Waals surface area contributed by atoms with Crippen LogP contribution in [-0.2, 0) is 56.6 Å². The summed E-state index contributed by atoms with van der Waals surface area (Å²) in [5.41, 5.74) is 6.61. The van der Waals surface area contributed by atoms with Crippen molar-refractivity contribution in [2.75, 3.05) is 26.4 Å². The van der Waals surface area contributed by atoms with Crippen molar-refractivity contribution in [3.05, 3.63) is 101 Å². The van der Waals surface area contributed by atoms with Crippen molar-refractivity contribution >= 4 is 11.4 Å². The van der Waals surface area contributed by atoms with Gasteiger partial charge < -0.3 is 23.4 Å². The van der Waals surface area contributed by atoms with E-state index < -0.39 is 0 Å². The summed E-state index contributed by atoms with van der Waals surface area (Å²) in [5, 5.41) is 0. The molecule has 0 spiro atoms. The van der Waals surface area contributed by atoms with Gasteiger partial charge in [-0.2, -0.15) is 0 Å². The number of hydrogen-bond acceptors (Lipinski definition) is 6. The molecule has 3 aromatic rings. The Morgan fingerprint density at radius 3 is 1.49 bits per heavy atom. The van der Waals surface area contributed by atoms with Crippen LogP contribution in [0.5, 0.6) is 0 Å². The van der Waals surface area contributed by atoms with E-state index in [0.29, 0.717) is 46.1 Å². The van der Waals surface area contributed by atoms with E-state index in [2.05, 4.69) is 36.4 Å². The lowest BCUT2D eigenvalue weighted by Crippen LogP contribution is -2.04. The van der Waals surface area contributed by atoms with Crippen molar-refractivity contribution in [1.82, 2.24) is 0 Å². The summed E-state index contributed by atoms with van der Waals surface area (Å²) in [4.78, 5) is 12.5. The van der Waals surface area contributed by atoms with Gasteiger partial charge in [0, 0.05) is 44.8 Å². The maximum absolute atomic E-state index is 12.5. The maximum Gasteiger partial charge on any atom is 0.155 e. The quantitative estimate of drug-likeness (QED) is 0.263. The first-order chi connectivity index (χ1) is 21.2. The number of carbonyl (C=O) groups is 1. The SMILES string of the molecule is C/C1=C\C(=O)CCCCOCc2ccccc2COCCCCCOCc2ccccc2COCCCCc2cc1co2. The molecule has 6 heteroatoms. The minimum atomic E-state index is 0.142. The lowest BCUT2D eigenvalue weighted by molar-refractivity contribution is -0.114. The van der Waals surface area contributed by atoms with Crippen molar-refractivity contribution in [3.63, 3.8) is 0 Å². The highest BCUT2D eigenvalue weighted by molar-refractivity contribution is 5.96. The molecule has 4 rings (SSSR count). The van der Waals surface area contributed by atoms with E-state index in [-0.39, 0.29) is 5.78 Å². The van der Waals surface area contributed by atoms with Gasteiger partial charge in [-0.3, -0.25) is 4.79 Å². The monoisotopic (exact) mass is 588 g/mol. The van der Waals surface area contributed by atoms with Crippen molar-refractivity contribution in [2.24, 2.45) is 0 Å². The standard InChI is InChI=1S/C37H48O6/c1-30-23-36(38)17-7-11-21-41-27-33-15-5-3-13-31(33)25-39-19-9-2-10-20-40-26-32-14-4-6-16-34(32)28-42-22-12-8-18-37-24-35(30)29-43-37/h3-6,13-16,23-24,29H,2,7-12,17-22,25-28H2,1H3/b30-23+. The Labute approximate surface area is 257 Å². The van der Waals surface area contributed by atoms with E-state index in [0.717, 1.165) is 87.0 Å². The fraction of sp³-hybridized carbons (Fsp3) is 0.486. The molecular formula is C37H48O6. The molecule has 0 unspecified atom stereocenters. The highest BCUT2D eigenvalue weighted by Gasteiger charge is 2.08. The maximum atomic E-state index is 12.5. The predicted molar refractivity (Wildman–Crippen MR) is 170 cm³/mol. The molecule has 0 saturated heterocycles. The number of benzene rings is 2. The summed E-state index contributed by atoms with van der Waals surface area (Å²) in [5.74, 6) is 1.08. The lowest BCUT2D eigenvalue weighted by Gasteiger charge is -2.12. The molecule has 0 atom stereocenters. The molecular weight excluding hydrogens is 540 g/mol. The van der Waals surface area contributed by atoms with Gasteiger partial charge in [-0.05, 0) is 91.8 Å². The van der Waals surface area contributed by atoms with Crippen LogP contribution in [-0.4, -0.2) is 32.2 Å². The second-order valence-electron chi connectivity index (χ2n) is 11.3. The molecule has 6 nitrogen and oxygen atoms in total. The van der Waals surface area contributed by atoms with E-state index >= 15 is 0 Å². The third-order valence-corrected chi connectivity index (χ3v) is 7.75. The largest absolute Gasteiger partial charge is 0.469 e. The predicted octanol–water partition coefficient (Wildman–Crippen LogP) is 8.40. The minimum Gasteiger partial charge on any atom is -0.469 e. The van der Waals surface area contributed by atoms with Crippen LogP contribution in [0.2, 0.25) is 0 Å². The molecule has 1 aromatic heterocycles. The number of hydrogen-bond donors (Lipinski definition) is 0. The summed E-state index contributed by atoms with van der Waals surface area (Å²) in [6.07, 6.45) is 11.6. The Morgan fingerprint density at radius 1 is 0.558 bits per heavy atom. The summed E-state index contributed by atoms with van der Waals surface area (Å²) in [6.45, 7) is 7.13. The zero-order valence-corrected chi connectivity index (χ0v) is 25.8. The number of allylic oxidation sites excluding steroid dienone is 2. The fourth-order valence-corrected chi connectivity index (χ4v) is 5.11. The summed E-state index contributed by atoms with van der Waals surface area (Å²) < 4.78 is 29.7. The van der Waals surface area contributed by atoms with E-state index in [1.165, 1.54) is 16.7 Å². The number of fused-ring (bicyclic) bond motifs is 4.